The van der Waals surface area contributed by atoms with Crippen molar-refractivity contribution in [3.05, 3.63) is 59.3 Å². The lowest BCUT2D eigenvalue weighted by molar-refractivity contribution is -0.137. The van der Waals surface area contributed by atoms with Gasteiger partial charge in [-0.2, -0.15) is 18.3 Å². The molecule has 2 saturated heterocycles. The molecule has 3 aromatic heterocycles. The van der Waals surface area contributed by atoms with Crippen LogP contribution in [0.5, 0.6) is 0 Å². The second-order valence-electron chi connectivity index (χ2n) is 9.60. The van der Waals surface area contributed by atoms with Gasteiger partial charge in [-0.05, 0) is 31.0 Å². The maximum atomic E-state index is 15.4. The van der Waals surface area contributed by atoms with E-state index in [0.717, 1.165) is 31.2 Å². The van der Waals surface area contributed by atoms with E-state index < -0.39 is 23.5 Å². The number of nitrogens with zero attached hydrogens (tertiary/aromatic N) is 6. The van der Waals surface area contributed by atoms with Crippen LogP contribution in [0.4, 0.5) is 23.4 Å². The second kappa shape index (κ2) is 8.88. The number of benzene rings is 1. The van der Waals surface area contributed by atoms with Gasteiger partial charge in [-0.15, -0.1) is 0 Å². The van der Waals surface area contributed by atoms with Gasteiger partial charge >= 0.3 is 6.18 Å². The first-order valence-electron chi connectivity index (χ1n) is 12.0. The number of fused-ring (bicyclic) bond motifs is 5. The number of nitrogens with two attached hydrogens (primary N) is 1. The van der Waals surface area contributed by atoms with Crippen LogP contribution in [0.15, 0.2) is 36.7 Å². The van der Waals surface area contributed by atoms with Crippen molar-refractivity contribution in [2.24, 2.45) is 7.05 Å². The Morgan fingerprint density at radius 3 is 2.55 bits per heavy atom. The van der Waals surface area contributed by atoms with Crippen molar-refractivity contribution in [1.82, 2.24) is 29.8 Å². The number of halogens is 4. The number of alkyl halides is 3. The molecule has 2 atom stereocenters. The predicted octanol–water partition coefficient (Wildman–Crippen LogP) is 3.68. The Kier molecular flexibility index (Phi) is 5.72. The average Bonchev–Trinajstić information content (AvgIpc) is 3.43. The zero-order valence-electron chi connectivity index (χ0n) is 20.2. The van der Waals surface area contributed by atoms with Crippen LogP contribution in [0.2, 0.25) is 0 Å². The molecule has 9 nitrogen and oxygen atoms in total. The summed E-state index contributed by atoms with van der Waals surface area (Å²) >= 11 is 0. The number of carbonyl (C=O) groups is 1. The first-order valence-corrected chi connectivity index (χ1v) is 12.0. The quantitative estimate of drug-likeness (QED) is 0.403. The Balaban J connectivity index is 1.41. The highest BCUT2D eigenvalue weighted by Crippen LogP contribution is 2.32. The van der Waals surface area contributed by atoms with Crippen molar-refractivity contribution < 1.29 is 27.1 Å². The van der Waals surface area contributed by atoms with Crippen LogP contribution in [0.1, 0.15) is 34.5 Å². The molecule has 0 unspecified atom stereocenters. The van der Waals surface area contributed by atoms with Crippen molar-refractivity contribution in [1.29, 1.82) is 0 Å². The molecule has 2 N–H and O–H groups in total. The second-order valence-corrected chi connectivity index (χ2v) is 9.60. The first kappa shape index (κ1) is 24.5. The fourth-order valence-corrected chi connectivity index (χ4v) is 5.21. The number of ether oxygens (including phenoxy) is 1. The largest absolute Gasteiger partial charge is 0.417 e. The molecule has 13 heteroatoms. The molecule has 38 heavy (non-hydrogen) atoms. The maximum absolute atomic E-state index is 15.4. The van der Waals surface area contributed by atoms with E-state index in [4.69, 9.17) is 10.5 Å². The van der Waals surface area contributed by atoms with E-state index in [-0.39, 0.29) is 41.3 Å². The molecule has 0 spiro atoms. The van der Waals surface area contributed by atoms with Gasteiger partial charge in [0.15, 0.2) is 0 Å². The number of hydrogen-bond donors (Lipinski definition) is 1. The number of aryl methyl sites for hydroxylation is 1. The van der Waals surface area contributed by atoms with Crippen LogP contribution >= 0.6 is 0 Å². The van der Waals surface area contributed by atoms with Crippen LogP contribution in [0.3, 0.4) is 0 Å². The van der Waals surface area contributed by atoms with E-state index >= 15 is 4.39 Å². The number of carbonyl (C=O) groups excluding carboxylic acids is 1. The van der Waals surface area contributed by atoms with E-state index in [1.165, 1.54) is 17.1 Å². The minimum Gasteiger partial charge on any atom is -0.383 e. The third-order valence-electron chi connectivity index (χ3n) is 7.09. The zero-order valence-corrected chi connectivity index (χ0v) is 20.2. The summed E-state index contributed by atoms with van der Waals surface area (Å²) in [6, 6.07) is 4.72. The summed E-state index contributed by atoms with van der Waals surface area (Å²) < 4.78 is 62.0. The van der Waals surface area contributed by atoms with Gasteiger partial charge in [0.1, 0.15) is 11.6 Å². The number of hydrogen-bond acceptors (Lipinski definition) is 7. The number of morpholine rings is 1. The number of hydrazine groups is 1. The highest BCUT2D eigenvalue weighted by molar-refractivity contribution is 6.10. The summed E-state index contributed by atoms with van der Waals surface area (Å²) in [6.45, 7) is 0.638. The predicted molar refractivity (Wildman–Crippen MR) is 129 cm³/mol. The van der Waals surface area contributed by atoms with E-state index in [1.54, 1.807) is 22.9 Å². The smallest absolute Gasteiger partial charge is 0.383 e. The molecule has 5 heterocycles. The molecule has 2 bridgehead atoms. The van der Waals surface area contributed by atoms with Crippen molar-refractivity contribution in [3.8, 4) is 0 Å². The molecule has 0 saturated carbocycles. The van der Waals surface area contributed by atoms with Crippen LogP contribution in [-0.4, -0.2) is 61.0 Å². The Labute approximate surface area is 213 Å². The van der Waals surface area contributed by atoms with Crippen molar-refractivity contribution in [2.45, 2.75) is 37.8 Å². The lowest BCUT2D eigenvalue weighted by Crippen LogP contribution is -2.54. The van der Waals surface area contributed by atoms with Gasteiger partial charge < -0.3 is 10.5 Å². The van der Waals surface area contributed by atoms with Crippen LogP contribution < -0.4 is 5.73 Å². The highest BCUT2D eigenvalue weighted by atomic mass is 19.4. The van der Waals surface area contributed by atoms with E-state index in [1.807, 2.05) is 0 Å². The third-order valence-corrected chi connectivity index (χ3v) is 7.09. The fraction of sp³-hybridized carbons (Fsp3) is 0.360. The van der Waals surface area contributed by atoms with E-state index in [0.29, 0.717) is 29.4 Å². The number of anilines is 1. The molecule has 2 aliphatic heterocycles. The molecule has 1 aromatic carbocycles. The van der Waals surface area contributed by atoms with Crippen molar-refractivity contribution in [2.75, 3.05) is 18.8 Å². The lowest BCUT2D eigenvalue weighted by atomic mass is 10.1. The Hall–Kier alpha value is -3.84. The Morgan fingerprint density at radius 2 is 1.89 bits per heavy atom. The summed E-state index contributed by atoms with van der Waals surface area (Å²) in [5.74, 6) is -1.25. The summed E-state index contributed by atoms with van der Waals surface area (Å²) in [4.78, 5) is 22.1. The van der Waals surface area contributed by atoms with Gasteiger partial charge in [0.2, 0.25) is 0 Å². The topological polar surface area (TPSA) is 102 Å². The normalized spacial score (nSPS) is 19.9. The number of amides is 1. The van der Waals surface area contributed by atoms with Gasteiger partial charge in [-0.25, -0.2) is 14.4 Å². The van der Waals surface area contributed by atoms with Crippen molar-refractivity contribution in [3.63, 3.8) is 0 Å². The Bertz CT molecular complexity index is 1540. The van der Waals surface area contributed by atoms with Crippen LogP contribution in [0.25, 0.3) is 21.8 Å². The van der Waals surface area contributed by atoms with Gasteiger partial charge in [0.05, 0.1) is 58.2 Å². The highest BCUT2D eigenvalue weighted by Gasteiger charge is 2.38. The summed E-state index contributed by atoms with van der Waals surface area (Å²) in [5.41, 5.74) is 6.03. The maximum Gasteiger partial charge on any atom is 0.417 e. The molecule has 1 amide bonds. The molecular formula is C25H23F4N7O2. The lowest BCUT2D eigenvalue weighted by Gasteiger charge is -2.40. The minimum absolute atomic E-state index is 0.0905. The molecule has 0 aliphatic carbocycles. The van der Waals surface area contributed by atoms with Gasteiger partial charge in [-0.1, -0.05) is 0 Å². The average molecular weight is 529 g/mol. The van der Waals surface area contributed by atoms with E-state index in [2.05, 4.69) is 15.1 Å². The minimum atomic E-state index is -4.53. The number of aromatic nitrogens is 4. The standard InChI is InChI=1S/C25H23F4N7O2/c1-34-22-18-6-17(20(26)7-21(18)33-23(30)19(22)9-32-34)24(37)36(35-11-15-4-5-16(12-35)38-15)10-14-3-2-13(8-31-14)25(27,28)29/h2-3,6-9,15-16H,4-5,10-12H2,1H3,(H2,30,33)/t15-,16+. The molecule has 0 radical (unpaired) electrons. The number of pyridine rings is 2. The summed E-state index contributed by atoms with van der Waals surface area (Å²) in [7, 11) is 1.71. The summed E-state index contributed by atoms with van der Waals surface area (Å²) in [5, 5.41) is 8.40. The van der Waals surface area contributed by atoms with E-state index in [9.17, 15) is 18.0 Å². The number of nitrogen functional groups attached to an aromatic ring is 1. The first-order chi connectivity index (χ1) is 18.1. The molecule has 2 fully saturated rings. The van der Waals surface area contributed by atoms with Gasteiger partial charge in [0, 0.05) is 37.8 Å². The zero-order chi connectivity index (χ0) is 26.8. The van der Waals surface area contributed by atoms with Crippen molar-refractivity contribution >= 4 is 33.5 Å². The molecule has 4 aromatic rings. The molecular weight excluding hydrogens is 506 g/mol. The van der Waals surface area contributed by atoms with Crippen LogP contribution in [0, 0.1) is 5.82 Å². The molecule has 2 aliphatic rings. The fourth-order valence-electron chi connectivity index (χ4n) is 5.21. The SMILES string of the molecule is Cn1ncc2c(N)nc3cc(F)c(C(=O)N(Cc4ccc(C(F)(F)F)cn4)N4C[C@H]5CC[C@@H](C4)O5)cc3c21. The van der Waals surface area contributed by atoms with Crippen LogP contribution in [-0.2, 0) is 24.5 Å². The van der Waals surface area contributed by atoms with Gasteiger partial charge in [0.25, 0.3) is 5.91 Å². The monoisotopic (exact) mass is 529 g/mol. The Morgan fingerprint density at radius 1 is 1.16 bits per heavy atom. The third kappa shape index (κ3) is 4.21. The summed E-state index contributed by atoms with van der Waals surface area (Å²) in [6.07, 6.45) is -0.775. The number of rotatable bonds is 4. The molecule has 198 valence electrons. The van der Waals surface area contributed by atoms with Gasteiger partial charge in [-0.3, -0.25) is 19.5 Å². The molecule has 6 rings (SSSR count).